The standard InChI is InChI=1S/C15H15ClN4O/c1-9(16)15-19-12-8-18-11-5-3-2-4-10(11)14(12)20(15)7-6-13(17)21/h2-5,8-9H,6-7H2,1H3,(H2,17,21). The van der Waals surface area contributed by atoms with Crippen LogP contribution in [0.15, 0.2) is 30.5 Å². The van der Waals surface area contributed by atoms with Crippen LogP contribution in [-0.4, -0.2) is 20.4 Å². The Morgan fingerprint density at radius 1 is 1.38 bits per heavy atom. The first kappa shape index (κ1) is 13.8. The van der Waals surface area contributed by atoms with Crippen LogP contribution < -0.4 is 5.73 Å². The topological polar surface area (TPSA) is 73.8 Å². The number of para-hydroxylation sites is 1. The van der Waals surface area contributed by atoms with E-state index < -0.39 is 0 Å². The Bertz CT molecular complexity index is 825. The normalized spacial score (nSPS) is 12.9. The maximum atomic E-state index is 11.1. The zero-order valence-electron chi connectivity index (χ0n) is 11.6. The molecule has 0 aliphatic heterocycles. The third-order valence-corrected chi connectivity index (χ3v) is 3.64. The van der Waals surface area contributed by atoms with Crippen LogP contribution in [0.2, 0.25) is 0 Å². The SMILES string of the molecule is CC(Cl)c1nc2cnc3ccccc3c2n1CCC(N)=O. The van der Waals surface area contributed by atoms with Crippen LogP contribution >= 0.6 is 11.6 Å². The Labute approximate surface area is 126 Å². The Kier molecular flexibility index (Phi) is 3.51. The second kappa shape index (κ2) is 5.33. The summed E-state index contributed by atoms with van der Waals surface area (Å²) < 4.78 is 1.97. The smallest absolute Gasteiger partial charge is 0.219 e. The number of amides is 1. The summed E-state index contributed by atoms with van der Waals surface area (Å²) in [6.45, 7) is 2.32. The zero-order chi connectivity index (χ0) is 15.0. The first-order chi connectivity index (χ1) is 10.1. The average Bonchev–Trinajstić information content (AvgIpc) is 2.84. The summed E-state index contributed by atoms with van der Waals surface area (Å²) in [5, 5.41) is 0.736. The van der Waals surface area contributed by atoms with E-state index in [1.807, 2.05) is 35.8 Å². The molecule has 0 saturated carbocycles. The molecule has 2 N–H and O–H groups in total. The maximum Gasteiger partial charge on any atom is 0.219 e. The van der Waals surface area contributed by atoms with Gasteiger partial charge in [-0.1, -0.05) is 18.2 Å². The molecule has 3 aromatic rings. The van der Waals surface area contributed by atoms with E-state index in [0.717, 1.165) is 27.8 Å². The number of hydrogen-bond donors (Lipinski definition) is 1. The van der Waals surface area contributed by atoms with Crippen molar-refractivity contribution in [2.24, 2.45) is 5.73 Å². The van der Waals surface area contributed by atoms with Crippen molar-refractivity contribution < 1.29 is 4.79 Å². The van der Waals surface area contributed by atoms with Crippen LogP contribution in [0.1, 0.15) is 24.5 Å². The molecule has 1 aromatic carbocycles. The van der Waals surface area contributed by atoms with Crippen LogP contribution in [0.5, 0.6) is 0 Å². The summed E-state index contributed by atoms with van der Waals surface area (Å²) in [5.41, 5.74) is 7.89. The number of carbonyl (C=O) groups excluding carboxylic acids is 1. The second-order valence-electron chi connectivity index (χ2n) is 4.96. The second-order valence-corrected chi connectivity index (χ2v) is 5.62. The highest BCUT2D eigenvalue weighted by molar-refractivity contribution is 6.20. The molecule has 5 nitrogen and oxygen atoms in total. The van der Waals surface area contributed by atoms with E-state index in [1.54, 1.807) is 6.20 Å². The molecule has 0 bridgehead atoms. The minimum atomic E-state index is -0.344. The highest BCUT2D eigenvalue weighted by Crippen LogP contribution is 2.29. The molecule has 0 spiro atoms. The molecule has 21 heavy (non-hydrogen) atoms. The molecule has 2 heterocycles. The maximum absolute atomic E-state index is 11.1. The number of aryl methyl sites for hydroxylation is 1. The molecule has 1 atom stereocenters. The Morgan fingerprint density at radius 3 is 2.86 bits per heavy atom. The largest absolute Gasteiger partial charge is 0.370 e. The molecule has 0 saturated heterocycles. The number of nitrogens with zero attached hydrogens (tertiary/aromatic N) is 3. The molecule has 0 fully saturated rings. The van der Waals surface area contributed by atoms with Gasteiger partial charge < -0.3 is 10.3 Å². The summed E-state index contributed by atoms with van der Waals surface area (Å²) in [6, 6.07) is 7.84. The van der Waals surface area contributed by atoms with Gasteiger partial charge in [-0.25, -0.2) is 4.98 Å². The monoisotopic (exact) mass is 302 g/mol. The van der Waals surface area contributed by atoms with Gasteiger partial charge in [0.15, 0.2) is 0 Å². The van der Waals surface area contributed by atoms with Crippen LogP contribution in [0.3, 0.4) is 0 Å². The molecule has 0 radical (unpaired) electrons. The Hall–Kier alpha value is -2.14. The van der Waals surface area contributed by atoms with Crippen LogP contribution in [0.25, 0.3) is 21.9 Å². The molecule has 1 amide bonds. The summed E-state index contributed by atoms with van der Waals surface area (Å²) in [5.74, 6) is 0.384. The predicted molar refractivity (Wildman–Crippen MR) is 83.1 cm³/mol. The highest BCUT2D eigenvalue weighted by Gasteiger charge is 2.17. The number of hydrogen-bond acceptors (Lipinski definition) is 3. The fourth-order valence-corrected chi connectivity index (χ4v) is 2.70. The molecular formula is C15H15ClN4O. The first-order valence-corrected chi connectivity index (χ1v) is 7.18. The van der Waals surface area contributed by atoms with E-state index in [2.05, 4.69) is 9.97 Å². The Balaban J connectivity index is 2.30. The van der Waals surface area contributed by atoms with Crippen molar-refractivity contribution >= 4 is 39.4 Å². The average molecular weight is 303 g/mol. The molecule has 0 aliphatic carbocycles. The van der Waals surface area contributed by atoms with Gasteiger partial charge in [0, 0.05) is 18.4 Å². The Morgan fingerprint density at radius 2 is 2.14 bits per heavy atom. The van der Waals surface area contributed by atoms with Gasteiger partial charge in [-0.2, -0.15) is 0 Å². The lowest BCUT2D eigenvalue weighted by molar-refractivity contribution is -0.118. The zero-order valence-corrected chi connectivity index (χ0v) is 12.3. The lowest BCUT2D eigenvalue weighted by Crippen LogP contribution is -2.15. The molecule has 6 heteroatoms. The number of alkyl halides is 1. The van der Waals surface area contributed by atoms with Gasteiger partial charge in [0.1, 0.15) is 11.3 Å². The van der Waals surface area contributed by atoms with E-state index in [-0.39, 0.29) is 17.7 Å². The van der Waals surface area contributed by atoms with Crippen molar-refractivity contribution in [1.82, 2.24) is 14.5 Å². The van der Waals surface area contributed by atoms with E-state index in [4.69, 9.17) is 17.3 Å². The summed E-state index contributed by atoms with van der Waals surface area (Å²) in [4.78, 5) is 20.1. The molecule has 108 valence electrons. The number of benzene rings is 1. The van der Waals surface area contributed by atoms with Crippen molar-refractivity contribution in [1.29, 1.82) is 0 Å². The quantitative estimate of drug-likeness (QED) is 0.753. The fraction of sp³-hybridized carbons (Fsp3) is 0.267. The summed E-state index contributed by atoms with van der Waals surface area (Å²) in [6.07, 6.45) is 1.99. The van der Waals surface area contributed by atoms with Gasteiger partial charge in [0.25, 0.3) is 0 Å². The number of carbonyl (C=O) groups is 1. The third kappa shape index (κ3) is 2.45. The number of aromatic nitrogens is 3. The fourth-order valence-electron chi connectivity index (χ4n) is 2.53. The minimum Gasteiger partial charge on any atom is -0.370 e. The number of primary amides is 1. The number of pyridine rings is 1. The van der Waals surface area contributed by atoms with Gasteiger partial charge in [0.2, 0.25) is 5.91 Å². The molecule has 2 aromatic heterocycles. The minimum absolute atomic E-state index is 0.249. The number of rotatable bonds is 4. The third-order valence-electron chi connectivity index (χ3n) is 3.45. The van der Waals surface area contributed by atoms with Crippen molar-refractivity contribution in [3.8, 4) is 0 Å². The van der Waals surface area contributed by atoms with Gasteiger partial charge in [0.05, 0.1) is 22.6 Å². The van der Waals surface area contributed by atoms with Gasteiger partial charge in [-0.15, -0.1) is 11.6 Å². The van der Waals surface area contributed by atoms with Crippen molar-refractivity contribution in [2.45, 2.75) is 25.3 Å². The molecule has 1 unspecified atom stereocenters. The summed E-state index contributed by atoms with van der Waals surface area (Å²) >= 11 is 6.23. The van der Waals surface area contributed by atoms with Crippen molar-refractivity contribution in [2.75, 3.05) is 0 Å². The molecule has 3 rings (SSSR count). The molecule has 0 aliphatic rings. The summed E-state index contributed by atoms with van der Waals surface area (Å²) in [7, 11) is 0. The number of fused-ring (bicyclic) bond motifs is 3. The van der Waals surface area contributed by atoms with Crippen LogP contribution in [-0.2, 0) is 11.3 Å². The van der Waals surface area contributed by atoms with Gasteiger partial charge >= 0.3 is 0 Å². The highest BCUT2D eigenvalue weighted by atomic mass is 35.5. The van der Waals surface area contributed by atoms with E-state index in [9.17, 15) is 4.79 Å². The number of imidazole rings is 1. The number of halogens is 1. The molecular weight excluding hydrogens is 288 g/mol. The predicted octanol–water partition coefficient (Wildman–Crippen LogP) is 2.76. The first-order valence-electron chi connectivity index (χ1n) is 6.74. The van der Waals surface area contributed by atoms with E-state index >= 15 is 0 Å². The van der Waals surface area contributed by atoms with Gasteiger partial charge in [-0.3, -0.25) is 9.78 Å². The van der Waals surface area contributed by atoms with Gasteiger partial charge in [-0.05, 0) is 13.0 Å². The van der Waals surface area contributed by atoms with Crippen molar-refractivity contribution in [3.63, 3.8) is 0 Å². The van der Waals surface area contributed by atoms with Crippen LogP contribution in [0, 0.1) is 0 Å². The van der Waals surface area contributed by atoms with E-state index in [1.165, 1.54) is 0 Å². The van der Waals surface area contributed by atoms with Crippen LogP contribution in [0.4, 0.5) is 0 Å². The van der Waals surface area contributed by atoms with E-state index in [0.29, 0.717) is 6.54 Å². The lowest BCUT2D eigenvalue weighted by atomic mass is 10.2. The van der Waals surface area contributed by atoms with Crippen molar-refractivity contribution in [3.05, 3.63) is 36.3 Å². The number of nitrogens with two attached hydrogens (primary N) is 1. The lowest BCUT2D eigenvalue weighted by Gasteiger charge is -2.10.